The Kier molecular flexibility index (Phi) is 8.41. The van der Waals surface area contributed by atoms with Gasteiger partial charge in [0.15, 0.2) is 0 Å². The van der Waals surface area contributed by atoms with Crippen LogP contribution in [-0.2, 0) is 13.6 Å². The van der Waals surface area contributed by atoms with Crippen molar-refractivity contribution in [2.75, 3.05) is 13.2 Å². The van der Waals surface area contributed by atoms with Crippen LogP contribution in [0.4, 0.5) is 8.78 Å². The summed E-state index contributed by atoms with van der Waals surface area (Å²) >= 11 is 0. The van der Waals surface area contributed by atoms with Crippen molar-refractivity contribution in [1.29, 1.82) is 0 Å². The van der Waals surface area contributed by atoms with Crippen LogP contribution in [0, 0.1) is 0 Å². The third-order valence-corrected chi connectivity index (χ3v) is 5.21. The maximum atomic E-state index is 13.7. The summed E-state index contributed by atoms with van der Waals surface area (Å²) in [6.07, 6.45) is -0.642. The van der Waals surface area contributed by atoms with E-state index in [1.54, 1.807) is 0 Å². The fraction of sp³-hybridized carbons (Fsp3) is 1.00. The summed E-state index contributed by atoms with van der Waals surface area (Å²) in [6, 6.07) is 0.228. The van der Waals surface area contributed by atoms with Crippen molar-refractivity contribution in [3.05, 3.63) is 0 Å². The molecule has 0 bridgehead atoms. The molecule has 18 heavy (non-hydrogen) atoms. The van der Waals surface area contributed by atoms with E-state index in [0.717, 1.165) is 0 Å². The van der Waals surface area contributed by atoms with Crippen LogP contribution in [0.2, 0.25) is 6.04 Å². The second-order valence-electron chi connectivity index (χ2n) is 3.43. The van der Waals surface area contributed by atoms with E-state index < -0.39 is 25.6 Å². The zero-order valence-electron chi connectivity index (χ0n) is 10.4. The molecule has 2 radical (unpaired) electrons. The van der Waals surface area contributed by atoms with Crippen molar-refractivity contribution >= 4 is 17.1 Å². The molecule has 0 aromatic rings. The number of rotatable bonds is 10. The molecule has 0 saturated carbocycles. The van der Waals surface area contributed by atoms with Gasteiger partial charge in [-0.2, -0.15) is 8.78 Å². The Balaban J connectivity index is 4.41. The molecule has 0 atom stereocenters. The maximum absolute atomic E-state index is 13.7. The minimum absolute atomic E-state index is 0.0210. The first-order chi connectivity index (χ1) is 8.29. The summed E-state index contributed by atoms with van der Waals surface area (Å²) in [5.74, 6) is -1.48. The van der Waals surface area contributed by atoms with Crippen molar-refractivity contribution < 1.29 is 32.6 Å². The van der Waals surface area contributed by atoms with Crippen LogP contribution in [0.5, 0.6) is 0 Å². The predicted octanol–water partition coefficient (Wildman–Crippen LogP) is 2.02. The van der Waals surface area contributed by atoms with E-state index in [2.05, 4.69) is 9.05 Å². The summed E-state index contributed by atoms with van der Waals surface area (Å²) < 4.78 is 48.5. The molecule has 0 aromatic heterocycles. The van der Waals surface area contributed by atoms with Gasteiger partial charge in [0, 0.05) is 6.42 Å². The summed E-state index contributed by atoms with van der Waals surface area (Å²) in [4.78, 5) is 0. The SMILES string of the molecule is CCOP(=O)(OCC)C(F)(F)CCC[Si]C(O)O. The van der Waals surface area contributed by atoms with Crippen LogP contribution in [0.3, 0.4) is 0 Å². The van der Waals surface area contributed by atoms with E-state index in [1.165, 1.54) is 13.8 Å². The van der Waals surface area contributed by atoms with Crippen LogP contribution in [0.15, 0.2) is 0 Å². The molecule has 0 saturated heterocycles. The molecular formula is C9H19F2O5PSi. The number of aliphatic hydroxyl groups is 2. The lowest BCUT2D eigenvalue weighted by Gasteiger charge is -2.25. The van der Waals surface area contributed by atoms with Gasteiger partial charge in [0.05, 0.1) is 13.2 Å². The first kappa shape index (κ1) is 18.1. The van der Waals surface area contributed by atoms with Crippen molar-refractivity contribution in [2.45, 2.75) is 44.3 Å². The Bertz CT molecular complexity index is 268. The number of halogens is 2. The Labute approximate surface area is 108 Å². The smallest absolute Gasteiger partial charge is 0.372 e. The highest BCUT2D eigenvalue weighted by molar-refractivity contribution is 7.55. The molecule has 0 fully saturated rings. The van der Waals surface area contributed by atoms with Gasteiger partial charge >= 0.3 is 13.3 Å². The highest BCUT2D eigenvalue weighted by Crippen LogP contribution is 2.63. The van der Waals surface area contributed by atoms with Gasteiger partial charge in [0.1, 0.15) is 15.4 Å². The van der Waals surface area contributed by atoms with Gasteiger partial charge in [-0.3, -0.25) is 4.57 Å². The molecule has 2 N–H and O–H groups in total. The van der Waals surface area contributed by atoms with E-state index in [9.17, 15) is 13.3 Å². The van der Waals surface area contributed by atoms with Gasteiger partial charge in [-0.1, -0.05) is 6.04 Å². The summed E-state index contributed by atoms with van der Waals surface area (Å²) in [5.41, 5.74) is -3.55. The number of hydrogen-bond acceptors (Lipinski definition) is 5. The van der Waals surface area contributed by atoms with Gasteiger partial charge in [-0.05, 0) is 20.3 Å². The maximum Gasteiger partial charge on any atom is 0.399 e. The zero-order valence-corrected chi connectivity index (χ0v) is 12.3. The molecule has 0 amide bonds. The zero-order chi connectivity index (χ0) is 14.2. The quantitative estimate of drug-likeness (QED) is 0.279. The van der Waals surface area contributed by atoms with Gasteiger partial charge in [-0.25, -0.2) is 0 Å². The van der Waals surface area contributed by atoms with Crippen LogP contribution >= 0.6 is 7.60 Å². The molecule has 5 nitrogen and oxygen atoms in total. The summed E-state index contributed by atoms with van der Waals surface area (Å²) in [7, 11) is -4.68. The molecule has 0 aliphatic carbocycles. The minimum Gasteiger partial charge on any atom is -0.372 e. The highest BCUT2D eigenvalue weighted by Gasteiger charge is 2.52. The van der Waals surface area contributed by atoms with Gasteiger partial charge < -0.3 is 19.3 Å². The van der Waals surface area contributed by atoms with E-state index in [-0.39, 0.29) is 35.2 Å². The second-order valence-corrected chi connectivity index (χ2v) is 7.02. The molecule has 108 valence electrons. The van der Waals surface area contributed by atoms with Crippen molar-refractivity contribution in [2.24, 2.45) is 0 Å². The lowest BCUT2D eigenvalue weighted by Crippen LogP contribution is -2.21. The van der Waals surface area contributed by atoms with E-state index in [0.29, 0.717) is 0 Å². The third-order valence-electron chi connectivity index (χ3n) is 1.98. The number of aliphatic hydroxyl groups excluding tert-OH is 1. The molecule has 0 spiro atoms. The fourth-order valence-electron chi connectivity index (χ4n) is 1.24. The molecule has 9 heteroatoms. The number of hydrogen-bond donors (Lipinski definition) is 2. The molecule has 0 aliphatic heterocycles. The Morgan fingerprint density at radius 3 is 2.17 bits per heavy atom. The first-order valence-corrected chi connectivity index (χ1v) is 8.48. The highest BCUT2D eigenvalue weighted by atomic mass is 31.2. The standard InChI is InChI=1S/C9H19F2O5PSi/c1-3-15-17(14,16-4-2)9(10,11)6-5-7-18-8(12)13/h8,12-13H,3-7H2,1-2H3. The van der Waals surface area contributed by atoms with Crippen LogP contribution < -0.4 is 0 Å². The summed E-state index contributed by atoms with van der Waals surface area (Å²) in [5, 5.41) is 17.2. The second kappa shape index (κ2) is 8.34. The van der Waals surface area contributed by atoms with Gasteiger partial charge in [0.2, 0.25) is 0 Å². The summed E-state index contributed by atoms with van der Waals surface area (Å²) in [6.45, 7) is 2.68. The molecule has 0 heterocycles. The first-order valence-electron chi connectivity index (χ1n) is 5.65. The predicted molar refractivity (Wildman–Crippen MR) is 63.8 cm³/mol. The van der Waals surface area contributed by atoms with Gasteiger partial charge in [-0.15, -0.1) is 0 Å². The van der Waals surface area contributed by atoms with Crippen molar-refractivity contribution in [1.82, 2.24) is 0 Å². The molecular weight excluding hydrogens is 285 g/mol. The molecule has 0 aliphatic rings. The third kappa shape index (κ3) is 5.86. The number of alkyl halides is 2. The van der Waals surface area contributed by atoms with Crippen molar-refractivity contribution in [3.8, 4) is 0 Å². The fourth-order valence-corrected chi connectivity index (χ4v) is 3.44. The molecule has 0 rings (SSSR count). The van der Waals surface area contributed by atoms with E-state index >= 15 is 0 Å². The van der Waals surface area contributed by atoms with Crippen LogP contribution in [-0.4, -0.2) is 44.5 Å². The Hall–Kier alpha value is 0.147. The van der Waals surface area contributed by atoms with Gasteiger partial charge in [0.25, 0.3) is 0 Å². The topological polar surface area (TPSA) is 76.0 Å². The van der Waals surface area contributed by atoms with Crippen molar-refractivity contribution in [3.63, 3.8) is 0 Å². The Morgan fingerprint density at radius 1 is 1.28 bits per heavy atom. The van der Waals surface area contributed by atoms with Crippen LogP contribution in [0.1, 0.15) is 26.7 Å². The Morgan fingerprint density at radius 2 is 1.78 bits per heavy atom. The molecule has 0 unspecified atom stereocenters. The molecule has 0 aromatic carbocycles. The lowest BCUT2D eigenvalue weighted by atomic mass is 10.3. The average molecular weight is 304 g/mol. The van der Waals surface area contributed by atoms with E-state index in [1.807, 2.05) is 0 Å². The lowest BCUT2D eigenvalue weighted by molar-refractivity contribution is 0.0256. The monoisotopic (exact) mass is 304 g/mol. The largest absolute Gasteiger partial charge is 0.399 e. The normalized spacial score (nSPS) is 13.3. The average Bonchev–Trinajstić information content (AvgIpc) is 2.24. The van der Waals surface area contributed by atoms with E-state index in [4.69, 9.17) is 10.2 Å². The van der Waals surface area contributed by atoms with Crippen LogP contribution in [0.25, 0.3) is 0 Å². The minimum atomic E-state index is -4.44.